The summed E-state index contributed by atoms with van der Waals surface area (Å²) in [7, 11) is 0. The molecular weight excluding hydrogens is 306 g/mol. The van der Waals surface area contributed by atoms with Crippen LogP contribution in [-0.4, -0.2) is 0 Å². The third kappa shape index (κ3) is 3.86. The first-order valence-corrected chi connectivity index (χ1v) is 7.81. The average molecular weight is 338 g/mol. The average Bonchev–Trinajstić information content (AvgIpc) is 2.71. The van der Waals surface area contributed by atoms with Gasteiger partial charge in [-0.3, -0.25) is 0 Å². The van der Waals surface area contributed by atoms with Gasteiger partial charge in [0.05, 0.1) is 0 Å². The van der Waals surface area contributed by atoms with Crippen molar-refractivity contribution in [2.75, 3.05) is 0 Å². The molecule has 0 nitrogen and oxygen atoms in total. The Hall–Kier alpha value is -0.417. The molecule has 0 spiro atoms. The molecule has 0 saturated carbocycles. The molecule has 0 fully saturated rings. The predicted molar refractivity (Wildman–Crippen MR) is 91.8 cm³/mol. The van der Waals surface area contributed by atoms with Gasteiger partial charge in [-0.1, -0.05) is 36.1 Å². The van der Waals surface area contributed by atoms with Gasteiger partial charge in [-0.15, -0.1) is 0 Å². The Kier molecular flexibility index (Phi) is 7.57. The van der Waals surface area contributed by atoms with Gasteiger partial charge < -0.3 is 0 Å². The molecular formula is C20H32Zn. The van der Waals surface area contributed by atoms with Crippen molar-refractivity contribution in [3.05, 3.63) is 44.6 Å². The first-order valence-electron chi connectivity index (χ1n) is 7.81. The summed E-state index contributed by atoms with van der Waals surface area (Å²) in [5, 5.41) is 0. The van der Waals surface area contributed by atoms with Gasteiger partial charge in [0.25, 0.3) is 0 Å². The number of hydrogen-bond donors (Lipinski definition) is 0. The van der Waals surface area contributed by atoms with Gasteiger partial charge in [0.1, 0.15) is 0 Å². The van der Waals surface area contributed by atoms with Crippen molar-refractivity contribution in [1.82, 2.24) is 0 Å². The van der Waals surface area contributed by atoms with Crippen molar-refractivity contribution >= 4 is 0 Å². The SMILES string of the molecule is CC1=C(C)C(C)C(C)=C1C.CC1=C(C)C(C)C(C)=C1C.[Zn]. The summed E-state index contributed by atoms with van der Waals surface area (Å²) < 4.78 is 0. The number of rotatable bonds is 0. The van der Waals surface area contributed by atoms with Crippen LogP contribution in [0, 0.1) is 11.8 Å². The monoisotopic (exact) mass is 336 g/mol. The van der Waals surface area contributed by atoms with E-state index in [1.165, 1.54) is 22.3 Å². The second-order valence-electron chi connectivity index (χ2n) is 6.68. The molecule has 2 aliphatic rings. The number of allylic oxidation sites excluding steroid dienone is 8. The molecule has 0 amide bonds. The van der Waals surface area contributed by atoms with Crippen LogP contribution in [0.1, 0.15) is 69.2 Å². The molecule has 0 saturated heterocycles. The third-order valence-electron chi connectivity index (χ3n) is 6.09. The Balaban J connectivity index is 0.000000364. The van der Waals surface area contributed by atoms with E-state index in [1.54, 1.807) is 22.3 Å². The Labute approximate surface area is 145 Å². The van der Waals surface area contributed by atoms with Crippen molar-refractivity contribution < 1.29 is 19.5 Å². The van der Waals surface area contributed by atoms with E-state index in [0.29, 0.717) is 11.8 Å². The Morgan fingerprint density at radius 1 is 0.429 bits per heavy atom. The van der Waals surface area contributed by atoms with Crippen LogP contribution in [0.5, 0.6) is 0 Å². The van der Waals surface area contributed by atoms with E-state index in [2.05, 4.69) is 69.2 Å². The fourth-order valence-electron chi connectivity index (χ4n) is 3.13. The molecule has 0 bridgehead atoms. The minimum absolute atomic E-state index is 0. The number of hydrogen-bond acceptors (Lipinski definition) is 0. The van der Waals surface area contributed by atoms with Crippen LogP contribution >= 0.6 is 0 Å². The minimum Gasteiger partial charge on any atom is -0.0632 e. The predicted octanol–water partition coefficient (Wildman–Crippen LogP) is 6.62. The van der Waals surface area contributed by atoms with E-state index in [-0.39, 0.29) is 19.5 Å². The normalized spacial score (nSPS) is 20.3. The van der Waals surface area contributed by atoms with Crippen LogP contribution in [0.15, 0.2) is 44.6 Å². The standard InChI is InChI=1S/2C10H16.Zn/c2*1-6-7(2)9(4)10(5)8(6)3;/h2*6H,1-5H3;. The molecule has 0 aromatic heterocycles. The molecule has 0 aliphatic heterocycles. The molecule has 0 aromatic rings. The maximum absolute atomic E-state index is 2.28. The molecule has 0 heterocycles. The van der Waals surface area contributed by atoms with Crippen LogP contribution in [0.25, 0.3) is 0 Å². The molecule has 0 N–H and O–H groups in total. The van der Waals surface area contributed by atoms with Gasteiger partial charge in [0, 0.05) is 19.5 Å². The first kappa shape index (κ1) is 20.6. The largest absolute Gasteiger partial charge is 0.0632 e. The maximum Gasteiger partial charge on any atom is 0 e. The second kappa shape index (κ2) is 7.73. The Morgan fingerprint density at radius 2 is 0.571 bits per heavy atom. The molecule has 1 heteroatoms. The van der Waals surface area contributed by atoms with E-state index >= 15 is 0 Å². The molecule has 0 atom stereocenters. The van der Waals surface area contributed by atoms with E-state index in [1.807, 2.05) is 0 Å². The third-order valence-corrected chi connectivity index (χ3v) is 6.09. The van der Waals surface area contributed by atoms with Crippen molar-refractivity contribution in [3.8, 4) is 0 Å². The summed E-state index contributed by atoms with van der Waals surface area (Å²) in [6, 6.07) is 0. The molecule has 0 aromatic carbocycles. The van der Waals surface area contributed by atoms with Crippen LogP contribution in [-0.2, 0) is 19.5 Å². The topological polar surface area (TPSA) is 0 Å². The molecule has 114 valence electrons. The first-order chi connectivity index (χ1) is 9.11. The van der Waals surface area contributed by atoms with Gasteiger partial charge in [-0.2, -0.15) is 0 Å². The van der Waals surface area contributed by atoms with Crippen LogP contribution in [0.4, 0.5) is 0 Å². The summed E-state index contributed by atoms with van der Waals surface area (Å²) in [4.78, 5) is 0. The molecule has 0 radical (unpaired) electrons. The Bertz CT molecular complexity index is 440. The van der Waals surface area contributed by atoms with Crippen molar-refractivity contribution in [2.45, 2.75) is 69.2 Å². The van der Waals surface area contributed by atoms with Gasteiger partial charge >= 0.3 is 0 Å². The van der Waals surface area contributed by atoms with Crippen LogP contribution in [0.2, 0.25) is 0 Å². The smallest absolute Gasteiger partial charge is 0 e. The fraction of sp³-hybridized carbons (Fsp3) is 0.600. The summed E-state index contributed by atoms with van der Waals surface area (Å²) in [5.74, 6) is 1.39. The summed E-state index contributed by atoms with van der Waals surface area (Å²) >= 11 is 0. The maximum atomic E-state index is 2.28. The second-order valence-corrected chi connectivity index (χ2v) is 6.68. The van der Waals surface area contributed by atoms with E-state index in [9.17, 15) is 0 Å². The summed E-state index contributed by atoms with van der Waals surface area (Å²) in [5.41, 5.74) is 12.2. The molecule has 21 heavy (non-hydrogen) atoms. The molecule has 2 rings (SSSR count). The summed E-state index contributed by atoms with van der Waals surface area (Å²) in [6.07, 6.45) is 0. The van der Waals surface area contributed by atoms with E-state index in [0.717, 1.165) is 0 Å². The fourth-order valence-corrected chi connectivity index (χ4v) is 3.13. The van der Waals surface area contributed by atoms with Gasteiger partial charge in [-0.25, -0.2) is 0 Å². The zero-order valence-corrected chi connectivity index (χ0v) is 18.8. The zero-order valence-electron chi connectivity index (χ0n) is 15.9. The molecule has 2 aliphatic carbocycles. The van der Waals surface area contributed by atoms with Gasteiger partial charge in [-0.05, 0) is 89.5 Å². The zero-order chi connectivity index (χ0) is 15.8. The Morgan fingerprint density at radius 3 is 0.619 bits per heavy atom. The van der Waals surface area contributed by atoms with Crippen LogP contribution < -0.4 is 0 Å². The van der Waals surface area contributed by atoms with E-state index in [4.69, 9.17) is 0 Å². The van der Waals surface area contributed by atoms with Gasteiger partial charge in [0.2, 0.25) is 0 Å². The van der Waals surface area contributed by atoms with Crippen molar-refractivity contribution in [1.29, 1.82) is 0 Å². The van der Waals surface area contributed by atoms with Gasteiger partial charge in [0.15, 0.2) is 0 Å². The molecule has 0 unspecified atom stereocenters. The summed E-state index contributed by atoms with van der Waals surface area (Å²) in [6.45, 7) is 22.4. The van der Waals surface area contributed by atoms with Crippen LogP contribution in [0.3, 0.4) is 0 Å². The minimum atomic E-state index is 0. The van der Waals surface area contributed by atoms with Crippen molar-refractivity contribution in [2.24, 2.45) is 11.8 Å². The van der Waals surface area contributed by atoms with Crippen molar-refractivity contribution in [3.63, 3.8) is 0 Å². The van der Waals surface area contributed by atoms with E-state index < -0.39 is 0 Å². The quantitative estimate of drug-likeness (QED) is 0.436.